The number of anilines is 2. The minimum atomic E-state index is 0.796. The summed E-state index contributed by atoms with van der Waals surface area (Å²) in [5.41, 5.74) is 2.87. The molecule has 0 aliphatic carbocycles. The number of hydrogen-bond donors (Lipinski definition) is 1. The summed E-state index contributed by atoms with van der Waals surface area (Å²) < 4.78 is 10.9. The molecule has 0 bridgehead atoms. The number of aryl methyl sites for hydroxylation is 2. The number of nitrogens with zero attached hydrogens (tertiary/aromatic N) is 1. The minimum absolute atomic E-state index is 0.796. The molecule has 2 heterocycles. The molecule has 2 aromatic heterocycles. The quantitative estimate of drug-likeness (QED) is 0.753. The molecule has 1 aromatic carbocycles. The molecular weight excluding hydrogens is 284 g/mol. The lowest BCUT2D eigenvalue weighted by Gasteiger charge is -2.07. The van der Waals surface area contributed by atoms with Gasteiger partial charge in [-0.25, -0.2) is 4.98 Å². The number of benzene rings is 1. The molecule has 0 saturated carbocycles. The number of thiazole rings is 1. The van der Waals surface area contributed by atoms with Gasteiger partial charge in [-0.3, -0.25) is 0 Å². The zero-order valence-corrected chi connectivity index (χ0v) is 13.0. The van der Waals surface area contributed by atoms with E-state index in [4.69, 9.17) is 9.15 Å². The Morgan fingerprint density at radius 2 is 2.05 bits per heavy atom. The minimum Gasteiger partial charge on any atom is -0.495 e. The second kappa shape index (κ2) is 5.61. The summed E-state index contributed by atoms with van der Waals surface area (Å²) in [6.07, 6.45) is 0. The number of ether oxygens (including phenoxy) is 1. The summed E-state index contributed by atoms with van der Waals surface area (Å²) in [4.78, 5) is 4.62. The predicted octanol–water partition coefficient (Wildman–Crippen LogP) is 4.77. The van der Waals surface area contributed by atoms with Crippen LogP contribution in [0.1, 0.15) is 11.5 Å². The fraction of sp³-hybridized carbons (Fsp3) is 0.188. The molecule has 5 heteroatoms. The van der Waals surface area contributed by atoms with Gasteiger partial charge in [-0.15, -0.1) is 11.3 Å². The van der Waals surface area contributed by atoms with Gasteiger partial charge in [0.1, 0.15) is 17.3 Å². The molecule has 21 heavy (non-hydrogen) atoms. The van der Waals surface area contributed by atoms with Crippen molar-refractivity contribution in [2.75, 3.05) is 12.4 Å². The first-order valence-electron chi connectivity index (χ1n) is 6.60. The van der Waals surface area contributed by atoms with E-state index in [1.807, 2.05) is 49.6 Å². The van der Waals surface area contributed by atoms with Gasteiger partial charge < -0.3 is 14.5 Å². The first kappa shape index (κ1) is 13.7. The van der Waals surface area contributed by atoms with Crippen molar-refractivity contribution in [2.24, 2.45) is 0 Å². The summed E-state index contributed by atoms with van der Waals surface area (Å²) in [5.74, 6) is 2.58. The van der Waals surface area contributed by atoms with Gasteiger partial charge in [-0.05, 0) is 32.0 Å². The van der Waals surface area contributed by atoms with Gasteiger partial charge in [-0.1, -0.05) is 12.1 Å². The number of hydrogen-bond acceptors (Lipinski definition) is 5. The molecule has 108 valence electrons. The maximum absolute atomic E-state index is 5.56. The lowest BCUT2D eigenvalue weighted by Crippen LogP contribution is -1.93. The Morgan fingerprint density at radius 1 is 1.24 bits per heavy atom. The summed E-state index contributed by atoms with van der Waals surface area (Å²) in [6.45, 7) is 3.89. The maximum Gasteiger partial charge on any atom is 0.187 e. The summed E-state index contributed by atoms with van der Waals surface area (Å²) in [5, 5.41) is 6.14. The first-order valence-corrected chi connectivity index (χ1v) is 7.48. The highest BCUT2D eigenvalue weighted by atomic mass is 32.1. The average molecular weight is 300 g/mol. The molecule has 0 aliphatic heterocycles. The third-order valence-corrected chi connectivity index (χ3v) is 3.93. The Hall–Kier alpha value is -2.27. The van der Waals surface area contributed by atoms with Gasteiger partial charge in [0.05, 0.1) is 18.5 Å². The van der Waals surface area contributed by atoms with E-state index >= 15 is 0 Å². The molecule has 3 aromatic rings. The number of aromatic nitrogens is 1. The number of para-hydroxylation sites is 2. The Labute approximate surface area is 127 Å². The van der Waals surface area contributed by atoms with Crippen LogP contribution in [0.25, 0.3) is 11.3 Å². The number of nitrogens with one attached hydrogen (secondary N) is 1. The highest BCUT2D eigenvalue weighted by molar-refractivity contribution is 7.14. The highest BCUT2D eigenvalue weighted by Gasteiger charge is 2.12. The molecule has 0 fully saturated rings. The Morgan fingerprint density at radius 3 is 2.76 bits per heavy atom. The molecule has 0 atom stereocenters. The van der Waals surface area contributed by atoms with Gasteiger partial charge in [0, 0.05) is 10.9 Å². The lowest BCUT2D eigenvalue weighted by molar-refractivity contribution is 0.417. The van der Waals surface area contributed by atoms with Gasteiger partial charge >= 0.3 is 0 Å². The van der Waals surface area contributed by atoms with Gasteiger partial charge in [0.2, 0.25) is 0 Å². The number of furan rings is 1. The van der Waals surface area contributed by atoms with Crippen LogP contribution >= 0.6 is 11.3 Å². The van der Waals surface area contributed by atoms with E-state index < -0.39 is 0 Å². The van der Waals surface area contributed by atoms with Crippen molar-refractivity contribution in [1.82, 2.24) is 4.98 Å². The average Bonchev–Trinajstić information content (AvgIpc) is 3.06. The van der Waals surface area contributed by atoms with Crippen LogP contribution in [0.3, 0.4) is 0 Å². The van der Waals surface area contributed by atoms with E-state index in [0.717, 1.165) is 39.3 Å². The SMILES string of the molecule is COc1ccccc1Nc1nc(-c2cc(C)oc2C)cs1. The molecule has 0 spiro atoms. The van der Waals surface area contributed by atoms with E-state index in [-0.39, 0.29) is 0 Å². The van der Waals surface area contributed by atoms with E-state index in [9.17, 15) is 0 Å². The monoisotopic (exact) mass is 300 g/mol. The van der Waals surface area contributed by atoms with Crippen LogP contribution in [0, 0.1) is 13.8 Å². The van der Waals surface area contributed by atoms with E-state index in [1.165, 1.54) is 0 Å². The second-order valence-electron chi connectivity index (χ2n) is 4.69. The van der Waals surface area contributed by atoms with Crippen molar-refractivity contribution in [1.29, 1.82) is 0 Å². The van der Waals surface area contributed by atoms with Gasteiger partial charge in [0.15, 0.2) is 5.13 Å². The lowest BCUT2D eigenvalue weighted by atomic mass is 10.2. The molecule has 4 nitrogen and oxygen atoms in total. The Kier molecular flexibility index (Phi) is 3.66. The van der Waals surface area contributed by atoms with E-state index in [2.05, 4.69) is 10.3 Å². The van der Waals surface area contributed by atoms with Gasteiger partial charge in [-0.2, -0.15) is 0 Å². The predicted molar refractivity (Wildman–Crippen MR) is 85.6 cm³/mol. The zero-order chi connectivity index (χ0) is 14.8. The van der Waals surface area contributed by atoms with Crippen LogP contribution in [0.15, 0.2) is 40.1 Å². The molecule has 0 radical (unpaired) electrons. The van der Waals surface area contributed by atoms with Gasteiger partial charge in [0.25, 0.3) is 0 Å². The molecule has 0 amide bonds. The van der Waals surface area contributed by atoms with Crippen LogP contribution < -0.4 is 10.1 Å². The van der Waals surface area contributed by atoms with Crippen LogP contribution in [0.5, 0.6) is 5.75 Å². The molecule has 0 unspecified atom stereocenters. The summed E-state index contributed by atoms with van der Waals surface area (Å²) in [7, 11) is 1.66. The third kappa shape index (κ3) is 2.78. The largest absolute Gasteiger partial charge is 0.495 e. The van der Waals surface area contributed by atoms with E-state index in [0.29, 0.717) is 0 Å². The molecule has 0 aliphatic rings. The smallest absolute Gasteiger partial charge is 0.187 e. The van der Waals surface area contributed by atoms with E-state index in [1.54, 1.807) is 18.4 Å². The van der Waals surface area contributed by atoms with Crippen molar-refractivity contribution >= 4 is 22.2 Å². The Bertz CT molecular complexity index is 761. The normalized spacial score (nSPS) is 10.6. The number of rotatable bonds is 4. The van der Waals surface area contributed by atoms with Crippen LogP contribution in [0.4, 0.5) is 10.8 Å². The maximum atomic E-state index is 5.56. The molecular formula is C16H16N2O2S. The summed E-state index contributed by atoms with van der Waals surface area (Å²) in [6, 6.07) is 9.79. The van der Waals surface area contributed by atoms with Crippen LogP contribution in [-0.4, -0.2) is 12.1 Å². The van der Waals surface area contributed by atoms with Crippen molar-refractivity contribution < 1.29 is 9.15 Å². The molecule has 1 N–H and O–H groups in total. The van der Waals surface area contributed by atoms with Crippen LogP contribution in [0.2, 0.25) is 0 Å². The molecule has 3 rings (SSSR count). The second-order valence-corrected chi connectivity index (χ2v) is 5.55. The standard InChI is InChI=1S/C16H16N2O2S/c1-10-8-12(11(2)20-10)14-9-21-16(18-14)17-13-6-4-5-7-15(13)19-3/h4-9H,1-3H3,(H,17,18). The topological polar surface area (TPSA) is 47.3 Å². The van der Waals surface area contributed by atoms with Crippen molar-refractivity contribution in [3.63, 3.8) is 0 Å². The molecule has 0 saturated heterocycles. The van der Waals surface area contributed by atoms with Crippen LogP contribution in [-0.2, 0) is 0 Å². The highest BCUT2D eigenvalue weighted by Crippen LogP contribution is 2.33. The van der Waals surface area contributed by atoms with Crippen molar-refractivity contribution in [2.45, 2.75) is 13.8 Å². The fourth-order valence-electron chi connectivity index (χ4n) is 2.20. The summed E-state index contributed by atoms with van der Waals surface area (Å²) >= 11 is 1.56. The fourth-order valence-corrected chi connectivity index (χ4v) is 2.93. The first-order chi connectivity index (χ1) is 10.2. The van der Waals surface area contributed by atoms with Crippen molar-refractivity contribution in [3.05, 3.63) is 47.2 Å². The zero-order valence-electron chi connectivity index (χ0n) is 12.1. The number of methoxy groups -OCH3 is 1. The Balaban J connectivity index is 1.87. The third-order valence-electron chi connectivity index (χ3n) is 3.17. The van der Waals surface area contributed by atoms with Crippen molar-refractivity contribution in [3.8, 4) is 17.0 Å².